The molecule has 0 saturated heterocycles. The Hall–Kier alpha value is -2.08. The minimum Gasteiger partial charge on any atom is -0.454 e. The monoisotopic (exact) mass is 274 g/mol. The minimum absolute atomic E-state index is 0.0407. The fourth-order valence-electron chi connectivity index (χ4n) is 2.22. The summed E-state index contributed by atoms with van der Waals surface area (Å²) in [4.78, 5) is 17.2. The Morgan fingerprint density at radius 2 is 2.21 bits per heavy atom. The predicted octanol–water partition coefficient (Wildman–Crippen LogP) is 0.100. The first-order valence-corrected chi connectivity index (χ1v) is 6.78. The van der Waals surface area contributed by atoms with Gasteiger partial charge in [0.15, 0.2) is 16.3 Å². The molecule has 0 unspecified atom stereocenters. The second-order valence-corrected chi connectivity index (χ2v) is 5.35. The number of ether oxygens (including phenoxy) is 2. The molecule has 0 radical (unpaired) electrons. The van der Waals surface area contributed by atoms with E-state index in [4.69, 9.17) is 9.47 Å². The first-order valence-electron chi connectivity index (χ1n) is 5.97. The van der Waals surface area contributed by atoms with Gasteiger partial charge in [0.25, 0.3) is 5.56 Å². The molecule has 0 atom stereocenters. The molecule has 2 aliphatic heterocycles. The zero-order valence-electron chi connectivity index (χ0n) is 9.96. The normalized spacial score (nSPS) is 16.5. The van der Waals surface area contributed by atoms with Crippen molar-refractivity contribution in [1.29, 1.82) is 0 Å². The summed E-state index contributed by atoms with van der Waals surface area (Å²) in [6, 6.07) is 5.66. The molecule has 19 heavy (non-hydrogen) atoms. The zero-order chi connectivity index (χ0) is 12.8. The molecule has 6 heteroatoms. The Bertz CT molecular complexity index is 835. The van der Waals surface area contributed by atoms with Crippen LogP contribution in [0, 0.1) is 0 Å². The van der Waals surface area contributed by atoms with Crippen molar-refractivity contribution in [2.75, 3.05) is 13.3 Å². The van der Waals surface area contributed by atoms with Crippen LogP contribution in [0.15, 0.2) is 28.0 Å². The smallest absolute Gasteiger partial charge is 0.270 e. The van der Waals surface area contributed by atoms with Crippen LogP contribution in [0.4, 0.5) is 0 Å². The Morgan fingerprint density at radius 1 is 1.32 bits per heavy atom. The number of hydrogen-bond donors (Lipinski definition) is 0. The molecular formula is C13H10N2O3S. The second-order valence-electron chi connectivity index (χ2n) is 4.34. The van der Waals surface area contributed by atoms with Crippen molar-refractivity contribution in [2.24, 2.45) is 4.99 Å². The molecule has 0 bridgehead atoms. The van der Waals surface area contributed by atoms with Crippen molar-refractivity contribution in [3.8, 4) is 11.5 Å². The van der Waals surface area contributed by atoms with Gasteiger partial charge in [0.2, 0.25) is 6.79 Å². The molecule has 0 saturated carbocycles. The highest BCUT2D eigenvalue weighted by Crippen LogP contribution is 2.32. The Kier molecular flexibility index (Phi) is 2.25. The van der Waals surface area contributed by atoms with Crippen LogP contribution in [0.2, 0.25) is 0 Å². The average Bonchev–Trinajstić information content (AvgIpc) is 3.09. The van der Waals surface area contributed by atoms with Crippen LogP contribution in [-0.4, -0.2) is 17.9 Å². The molecule has 1 aromatic heterocycles. The summed E-state index contributed by atoms with van der Waals surface area (Å²) in [6.45, 7) is 1.67. The van der Waals surface area contributed by atoms with Gasteiger partial charge in [0, 0.05) is 6.54 Å². The number of thiazole rings is 1. The fraction of sp³-hybridized carbons (Fsp3) is 0.231. The van der Waals surface area contributed by atoms with E-state index in [-0.39, 0.29) is 12.4 Å². The molecule has 2 aromatic rings. The van der Waals surface area contributed by atoms with Gasteiger partial charge in [-0.2, -0.15) is 0 Å². The third-order valence-corrected chi connectivity index (χ3v) is 4.20. The lowest BCUT2D eigenvalue weighted by atomic mass is 10.2. The van der Waals surface area contributed by atoms with Gasteiger partial charge < -0.3 is 9.47 Å². The molecule has 0 spiro atoms. The van der Waals surface area contributed by atoms with Crippen LogP contribution < -0.4 is 24.4 Å². The number of aromatic nitrogens is 1. The lowest BCUT2D eigenvalue weighted by Gasteiger charge is -1.96. The van der Waals surface area contributed by atoms with Crippen molar-refractivity contribution < 1.29 is 9.47 Å². The molecule has 1 aromatic carbocycles. The third kappa shape index (κ3) is 1.67. The van der Waals surface area contributed by atoms with E-state index < -0.39 is 0 Å². The van der Waals surface area contributed by atoms with Crippen LogP contribution >= 0.6 is 11.3 Å². The highest BCUT2D eigenvalue weighted by molar-refractivity contribution is 7.07. The Morgan fingerprint density at radius 3 is 3.11 bits per heavy atom. The lowest BCUT2D eigenvalue weighted by Crippen LogP contribution is -2.29. The van der Waals surface area contributed by atoms with E-state index in [9.17, 15) is 4.79 Å². The molecule has 0 fully saturated rings. The number of benzene rings is 1. The van der Waals surface area contributed by atoms with Crippen LogP contribution in [0.1, 0.15) is 5.56 Å². The largest absolute Gasteiger partial charge is 0.454 e. The average molecular weight is 274 g/mol. The van der Waals surface area contributed by atoms with E-state index in [0.717, 1.165) is 21.9 Å². The van der Waals surface area contributed by atoms with Gasteiger partial charge in [-0.05, 0) is 23.8 Å². The van der Waals surface area contributed by atoms with E-state index in [0.29, 0.717) is 17.6 Å². The number of hydrogen-bond acceptors (Lipinski definition) is 5. The quantitative estimate of drug-likeness (QED) is 0.741. The summed E-state index contributed by atoms with van der Waals surface area (Å²) in [5.74, 6) is 1.47. The van der Waals surface area contributed by atoms with E-state index in [2.05, 4.69) is 4.99 Å². The number of rotatable bonds is 1. The Balaban J connectivity index is 1.86. The first kappa shape index (κ1) is 10.8. The molecule has 96 valence electrons. The van der Waals surface area contributed by atoms with Crippen molar-refractivity contribution in [3.63, 3.8) is 0 Å². The van der Waals surface area contributed by atoms with Crippen molar-refractivity contribution in [2.45, 2.75) is 6.54 Å². The van der Waals surface area contributed by atoms with Gasteiger partial charge in [-0.25, -0.2) is 0 Å². The van der Waals surface area contributed by atoms with Crippen molar-refractivity contribution in [1.82, 2.24) is 4.57 Å². The molecule has 5 nitrogen and oxygen atoms in total. The third-order valence-electron chi connectivity index (χ3n) is 3.15. The molecular weight excluding hydrogens is 264 g/mol. The first-order chi connectivity index (χ1) is 9.31. The molecule has 2 aliphatic rings. The maximum absolute atomic E-state index is 12.1. The van der Waals surface area contributed by atoms with Gasteiger partial charge in [-0.15, -0.1) is 0 Å². The topological polar surface area (TPSA) is 52.8 Å². The second kappa shape index (κ2) is 3.96. The number of fused-ring (bicyclic) bond motifs is 2. The fourth-order valence-corrected chi connectivity index (χ4v) is 3.25. The molecule has 0 aliphatic carbocycles. The molecule has 0 N–H and O–H groups in total. The van der Waals surface area contributed by atoms with E-state index in [1.165, 1.54) is 11.3 Å². The van der Waals surface area contributed by atoms with E-state index >= 15 is 0 Å². The Labute approximate surface area is 112 Å². The predicted molar refractivity (Wildman–Crippen MR) is 70.4 cm³/mol. The zero-order valence-corrected chi connectivity index (χ0v) is 10.8. The standard InChI is InChI=1S/C13H10N2O3S/c16-12-11(19-13-14-3-4-15(12)13)6-8-1-2-9-10(5-8)18-7-17-9/h1-2,5-6H,3-4,7H2. The van der Waals surface area contributed by atoms with Crippen molar-refractivity contribution in [3.05, 3.63) is 43.5 Å². The van der Waals surface area contributed by atoms with Gasteiger partial charge in [-0.3, -0.25) is 14.4 Å². The van der Waals surface area contributed by atoms with Gasteiger partial charge in [0.05, 0.1) is 11.1 Å². The van der Waals surface area contributed by atoms with E-state index in [1.807, 2.05) is 24.3 Å². The summed E-state index contributed by atoms with van der Waals surface area (Å²) in [6.07, 6.45) is 1.87. The highest BCUT2D eigenvalue weighted by Gasteiger charge is 2.13. The maximum Gasteiger partial charge on any atom is 0.270 e. The highest BCUT2D eigenvalue weighted by atomic mass is 32.1. The van der Waals surface area contributed by atoms with Gasteiger partial charge in [-0.1, -0.05) is 17.4 Å². The lowest BCUT2D eigenvalue weighted by molar-refractivity contribution is 0.174. The van der Waals surface area contributed by atoms with Gasteiger partial charge in [0.1, 0.15) is 0 Å². The summed E-state index contributed by atoms with van der Waals surface area (Å²) >= 11 is 1.43. The van der Waals surface area contributed by atoms with Crippen molar-refractivity contribution >= 4 is 17.4 Å². The summed E-state index contributed by atoms with van der Waals surface area (Å²) in [5, 5.41) is 0. The minimum atomic E-state index is 0.0407. The summed E-state index contributed by atoms with van der Waals surface area (Å²) in [7, 11) is 0. The van der Waals surface area contributed by atoms with Crippen LogP contribution in [0.5, 0.6) is 11.5 Å². The van der Waals surface area contributed by atoms with Crippen LogP contribution in [0.25, 0.3) is 6.08 Å². The summed E-state index contributed by atoms with van der Waals surface area (Å²) < 4.78 is 13.0. The molecule has 0 amide bonds. The van der Waals surface area contributed by atoms with Gasteiger partial charge >= 0.3 is 0 Å². The summed E-state index contributed by atoms with van der Waals surface area (Å²) in [5.41, 5.74) is 0.973. The van der Waals surface area contributed by atoms with Crippen LogP contribution in [-0.2, 0) is 6.54 Å². The molecule has 4 rings (SSSR count). The maximum atomic E-state index is 12.1. The van der Waals surface area contributed by atoms with Crippen LogP contribution in [0.3, 0.4) is 0 Å². The molecule has 3 heterocycles. The number of nitrogens with zero attached hydrogens (tertiary/aromatic N) is 2. The SMILES string of the molecule is O=c1c(=Cc2ccc3c(c2)OCO3)sc2n1CCN=2. The van der Waals surface area contributed by atoms with E-state index in [1.54, 1.807) is 4.57 Å².